The van der Waals surface area contributed by atoms with Crippen LogP contribution in [0.4, 0.5) is 0 Å². The Kier molecular flexibility index (Phi) is 3.51. The highest BCUT2D eigenvalue weighted by molar-refractivity contribution is 5.27. The van der Waals surface area contributed by atoms with Crippen LogP contribution < -0.4 is 0 Å². The largest absolute Gasteiger partial charge is 0.384 e. The van der Waals surface area contributed by atoms with Gasteiger partial charge in [0.15, 0.2) is 0 Å². The van der Waals surface area contributed by atoms with Crippen LogP contribution >= 0.6 is 0 Å². The van der Waals surface area contributed by atoms with Crippen LogP contribution in [0.1, 0.15) is 17.2 Å². The van der Waals surface area contributed by atoms with Gasteiger partial charge in [-0.05, 0) is 12.5 Å². The summed E-state index contributed by atoms with van der Waals surface area (Å²) in [6.45, 7) is 1.76. The lowest BCUT2D eigenvalue weighted by atomic mass is 10.1. The fourth-order valence-corrected chi connectivity index (χ4v) is 0.974. The van der Waals surface area contributed by atoms with Crippen LogP contribution in [0.5, 0.6) is 0 Å². The van der Waals surface area contributed by atoms with E-state index in [2.05, 4.69) is 11.8 Å². The Bertz CT molecular complexity index is 316. The van der Waals surface area contributed by atoms with Crippen LogP contribution in [0.25, 0.3) is 0 Å². The third-order valence-electron chi connectivity index (χ3n) is 1.71. The molecule has 0 aliphatic rings. The van der Waals surface area contributed by atoms with E-state index in [4.69, 9.17) is 5.11 Å². The zero-order chi connectivity index (χ0) is 9.68. The van der Waals surface area contributed by atoms with Crippen LogP contribution in [0.3, 0.4) is 0 Å². The summed E-state index contributed by atoms with van der Waals surface area (Å²) in [5.74, 6) is 4.94. The van der Waals surface area contributed by atoms with E-state index in [-0.39, 0.29) is 6.61 Å². The van der Waals surface area contributed by atoms with Gasteiger partial charge in [-0.1, -0.05) is 41.7 Å². The van der Waals surface area contributed by atoms with Gasteiger partial charge in [-0.3, -0.25) is 0 Å². The van der Waals surface area contributed by atoms with Gasteiger partial charge < -0.3 is 10.2 Å². The van der Waals surface area contributed by atoms with Crippen molar-refractivity contribution in [3.63, 3.8) is 0 Å². The lowest BCUT2D eigenvalue weighted by Gasteiger charge is -2.03. The minimum absolute atomic E-state index is 0.219. The number of benzene rings is 1. The van der Waals surface area contributed by atoms with Crippen LogP contribution in [0.15, 0.2) is 24.3 Å². The zero-order valence-corrected chi connectivity index (χ0v) is 7.49. The molecule has 0 spiro atoms. The molecule has 0 aromatic heterocycles. The normalized spacial score (nSPS) is 11.6. The van der Waals surface area contributed by atoms with Gasteiger partial charge in [0, 0.05) is 0 Å². The lowest BCUT2D eigenvalue weighted by molar-refractivity contribution is 0.237. The van der Waals surface area contributed by atoms with Crippen molar-refractivity contribution in [1.29, 1.82) is 0 Å². The van der Waals surface area contributed by atoms with Crippen LogP contribution in [0, 0.1) is 18.8 Å². The summed E-state index contributed by atoms with van der Waals surface area (Å²) in [5.41, 5.74) is 1.90. The average Bonchev–Trinajstić information content (AvgIpc) is 2.15. The maximum absolute atomic E-state index is 9.46. The molecule has 0 saturated carbocycles. The van der Waals surface area contributed by atoms with Gasteiger partial charge in [0.2, 0.25) is 0 Å². The van der Waals surface area contributed by atoms with E-state index in [0.29, 0.717) is 0 Å². The molecule has 0 unspecified atom stereocenters. The molecule has 2 N–H and O–H groups in total. The summed E-state index contributed by atoms with van der Waals surface area (Å²) >= 11 is 0. The van der Waals surface area contributed by atoms with Crippen molar-refractivity contribution in [2.45, 2.75) is 13.0 Å². The van der Waals surface area contributed by atoms with Gasteiger partial charge in [-0.2, -0.15) is 0 Å². The first-order chi connectivity index (χ1) is 6.24. The van der Waals surface area contributed by atoms with Crippen LogP contribution in [-0.4, -0.2) is 16.8 Å². The molecule has 0 aliphatic heterocycles. The summed E-state index contributed by atoms with van der Waals surface area (Å²) in [6.07, 6.45) is -0.798. The second kappa shape index (κ2) is 4.66. The molecular formula is C11H12O2. The zero-order valence-electron chi connectivity index (χ0n) is 7.49. The molecule has 68 valence electrons. The van der Waals surface area contributed by atoms with Crippen molar-refractivity contribution in [3.8, 4) is 11.8 Å². The molecule has 1 rings (SSSR count). The molecule has 1 aromatic carbocycles. The smallest absolute Gasteiger partial charge is 0.140 e. The third-order valence-corrected chi connectivity index (χ3v) is 1.71. The summed E-state index contributed by atoms with van der Waals surface area (Å²) in [5, 5.41) is 17.9. The highest BCUT2D eigenvalue weighted by atomic mass is 16.3. The molecule has 2 nitrogen and oxygen atoms in total. The Balaban J connectivity index is 2.77. The molecular weight excluding hydrogens is 164 g/mol. The Morgan fingerprint density at radius 2 is 1.92 bits per heavy atom. The van der Waals surface area contributed by atoms with Crippen molar-refractivity contribution in [1.82, 2.24) is 0 Å². The quantitative estimate of drug-likeness (QED) is 0.627. The summed E-state index contributed by atoms with van der Waals surface area (Å²) in [6, 6.07) is 7.48. The molecule has 0 saturated heterocycles. The Morgan fingerprint density at radius 3 is 2.46 bits per heavy atom. The van der Waals surface area contributed by atoms with E-state index in [1.54, 1.807) is 0 Å². The minimum atomic E-state index is -0.798. The molecule has 1 atom stereocenters. The molecule has 0 bridgehead atoms. The van der Waals surface area contributed by atoms with E-state index < -0.39 is 6.10 Å². The third kappa shape index (κ3) is 2.90. The van der Waals surface area contributed by atoms with Gasteiger partial charge in [0.25, 0.3) is 0 Å². The van der Waals surface area contributed by atoms with Crippen molar-refractivity contribution in [2.75, 3.05) is 6.61 Å². The summed E-state index contributed by atoms with van der Waals surface area (Å²) in [4.78, 5) is 0. The van der Waals surface area contributed by atoms with E-state index in [0.717, 1.165) is 11.1 Å². The molecule has 0 radical (unpaired) electrons. The molecule has 0 aliphatic carbocycles. The van der Waals surface area contributed by atoms with Crippen molar-refractivity contribution >= 4 is 0 Å². The molecule has 0 heterocycles. The van der Waals surface area contributed by atoms with E-state index in [9.17, 15) is 5.11 Å². The van der Waals surface area contributed by atoms with Gasteiger partial charge >= 0.3 is 0 Å². The van der Waals surface area contributed by atoms with E-state index in [1.807, 2.05) is 31.2 Å². The fourth-order valence-electron chi connectivity index (χ4n) is 0.974. The maximum Gasteiger partial charge on any atom is 0.140 e. The number of hydrogen-bond acceptors (Lipinski definition) is 2. The highest BCUT2D eigenvalue weighted by Gasteiger charge is 2.01. The second-order valence-electron chi connectivity index (χ2n) is 2.79. The first kappa shape index (κ1) is 9.79. The maximum atomic E-state index is 9.46. The predicted molar refractivity (Wildman–Crippen MR) is 51.0 cm³/mol. The first-order valence-electron chi connectivity index (χ1n) is 4.08. The molecule has 1 aromatic rings. The van der Waals surface area contributed by atoms with E-state index in [1.165, 1.54) is 0 Å². The van der Waals surface area contributed by atoms with Crippen LogP contribution in [0.2, 0.25) is 0 Å². The Morgan fingerprint density at radius 1 is 1.31 bits per heavy atom. The first-order valence-corrected chi connectivity index (χ1v) is 4.08. The Hall–Kier alpha value is -1.30. The average molecular weight is 176 g/mol. The monoisotopic (exact) mass is 176 g/mol. The number of hydrogen-bond donors (Lipinski definition) is 2. The predicted octanol–water partition coefficient (Wildman–Crippen LogP) is 1.02. The van der Waals surface area contributed by atoms with E-state index >= 15 is 0 Å². The number of rotatable bonds is 1. The molecule has 0 fully saturated rings. The highest BCUT2D eigenvalue weighted by Crippen LogP contribution is 2.11. The topological polar surface area (TPSA) is 40.5 Å². The Labute approximate surface area is 77.8 Å². The van der Waals surface area contributed by atoms with Crippen molar-refractivity contribution in [2.24, 2.45) is 0 Å². The van der Waals surface area contributed by atoms with Gasteiger partial charge in [-0.15, -0.1) is 0 Å². The number of aryl methyl sites for hydroxylation is 1. The number of aliphatic hydroxyl groups is 2. The van der Waals surface area contributed by atoms with Crippen molar-refractivity contribution in [3.05, 3.63) is 35.4 Å². The second-order valence-corrected chi connectivity index (χ2v) is 2.79. The molecule has 0 amide bonds. The SMILES string of the molecule is Cc1ccc([C@@H](O)C#CCO)cc1. The van der Waals surface area contributed by atoms with Crippen LogP contribution in [-0.2, 0) is 0 Å². The van der Waals surface area contributed by atoms with Crippen molar-refractivity contribution < 1.29 is 10.2 Å². The minimum Gasteiger partial charge on any atom is -0.384 e. The van der Waals surface area contributed by atoms with Gasteiger partial charge in [0.05, 0.1) is 0 Å². The molecule has 2 heteroatoms. The number of aliphatic hydroxyl groups excluding tert-OH is 2. The lowest BCUT2D eigenvalue weighted by Crippen LogP contribution is -1.93. The summed E-state index contributed by atoms with van der Waals surface area (Å²) in [7, 11) is 0. The van der Waals surface area contributed by atoms with Gasteiger partial charge in [0.1, 0.15) is 12.7 Å². The standard InChI is InChI=1S/C11H12O2/c1-9-4-6-10(7-5-9)11(13)3-2-8-12/h4-7,11-13H,8H2,1H3/t11-/m0/s1. The fraction of sp³-hybridized carbons (Fsp3) is 0.273. The van der Waals surface area contributed by atoms with Gasteiger partial charge in [-0.25, -0.2) is 0 Å². The molecule has 13 heavy (non-hydrogen) atoms. The summed E-state index contributed by atoms with van der Waals surface area (Å²) < 4.78 is 0.